The Morgan fingerprint density at radius 3 is 2.26 bits per heavy atom. The van der Waals surface area contributed by atoms with Gasteiger partial charge < -0.3 is 19.1 Å². The van der Waals surface area contributed by atoms with Crippen LogP contribution in [-0.4, -0.2) is 64.6 Å². The van der Waals surface area contributed by atoms with Gasteiger partial charge in [0.05, 0.1) is 18.6 Å². The molecule has 0 aromatic heterocycles. The molecule has 1 heterocycles. The minimum atomic E-state index is -4.20. The van der Waals surface area contributed by atoms with E-state index in [1.807, 2.05) is 0 Å². The second kappa shape index (κ2) is 12.6. The Balaban J connectivity index is 1.68. The molecule has 0 radical (unpaired) electrons. The van der Waals surface area contributed by atoms with E-state index < -0.39 is 22.0 Å². The van der Waals surface area contributed by atoms with Crippen molar-refractivity contribution in [1.29, 1.82) is 0 Å². The predicted molar refractivity (Wildman–Crippen MR) is 145 cm³/mol. The van der Waals surface area contributed by atoms with Crippen LogP contribution in [0, 0.1) is 11.8 Å². The number of amides is 1. The van der Waals surface area contributed by atoms with Crippen molar-refractivity contribution in [3.05, 3.63) is 90.0 Å². The first-order valence-corrected chi connectivity index (χ1v) is 13.5. The summed E-state index contributed by atoms with van der Waals surface area (Å²) in [5.41, 5.74) is 1.51. The summed E-state index contributed by atoms with van der Waals surface area (Å²) in [7, 11) is -1.47. The molecular weight excluding hydrogens is 520 g/mol. The largest absolute Gasteiger partial charge is 0.481 e. The van der Waals surface area contributed by atoms with E-state index >= 15 is 0 Å². The zero-order chi connectivity index (χ0) is 27.8. The summed E-state index contributed by atoms with van der Waals surface area (Å²) in [6, 6.07) is 20.2. The van der Waals surface area contributed by atoms with Crippen LogP contribution in [0.2, 0.25) is 0 Å². The lowest BCUT2D eigenvalue weighted by molar-refractivity contribution is -0.144. The van der Waals surface area contributed by atoms with Crippen LogP contribution in [0.1, 0.15) is 15.9 Å². The van der Waals surface area contributed by atoms with E-state index in [1.165, 1.54) is 36.3 Å². The molecule has 0 spiro atoms. The number of methoxy groups -OCH3 is 2. The molecule has 1 unspecified atom stereocenters. The van der Waals surface area contributed by atoms with E-state index in [0.717, 1.165) is 4.31 Å². The molecule has 3 aromatic carbocycles. The van der Waals surface area contributed by atoms with Crippen LogP contribution < -0.4 is 9.64 Å². The Bertz CT molecular complexity index is 1480. The fraction of sp³-hybridized carbons (Fsp3) is 0.241. The van der Waals surface area contributed by atoms with Gasteiger partial charge in [-0.15, -0.1) is 0 Å². The third-order valence-electron chi connectivity index (χ3n) is 6.13. The maximum absolute atomic E-state index is 13.9. The van der Waals surface area contributed by atoms with Crippen molar-refractivity contribution in [3.63, 3.8) is 0 Å². The summed E-state index contributed by atoms with van der Waals surface area (Å²) in [6.07, 6.45) is 0. The number of anilines is 1. The summed E-state index contributed by atoms with van der Waals surface area (Å²) in [6.45, 7) is 0.0471. The molecule has 9 nitrogen and oxygen atoms in total. The number of fused-ring (bicyclic) bond motifs is 1. The number of hydrogen-bond donors (Lipinski definition) is 0. The molecule has 1 amide bonds. The zero-order valence-corrected chi connectivity index (χ0v) is 22.4. The van der Waals surface area contributed by atoms with Gasteiger partial charge >= 0.3 is 5.97 Å². The molecule has 4 rings (SSSR count). The molecule has 10 heteroatoms. The fourth-order valence-electron chi connectivity index (χ4n) is 4.19. The molecule has 1 aliphatic heterocycles. The summed E-state index contributed by atoms with van der Waals surface area (Å²) < 4.78 is 44.3. The van der Waals surface area contributed by atoms with Gasteiger partial charge in [0.1, 0.15) is 25.0 Å². The van der Waals surface area contributed by atoms with Gasteiger partial charge in [0, 0.05) is 24.9 Å². The van der Waals surface area contributed by atoms with Crippen LogP contribution in [0.25, 0.3) is 0 Å². The van der Waals surface area contributed by atoms with E-state index in [2.05, 4.69) is 11.8 Å². The van der Waals surface area contributed by atoms with Crippen LogP contribution >= 0.6 is 0 Å². The fourth-order valence-corrected chi connectivity index (χ4v) is 5.74. The van der Waals surface area contributed by atoms with E-state index in [0.29, 0.717) is 22.6 Å². The minimum Gasteiger partial charge on any atom is -0.481 e. The second-order valence-electron chi connectivity index (χ2n) is 8.55. The Hall–Kier alpha value is -4.17. The standard InChI is InChI=1S/C29H28N2O7S/c1-36-18-8-9-19-38-24-14-16-25(17-15-24)39(34,35)31-20-23-12-6-7-13-26(23)30(21-27(31)29(33)37-2)28(32)22-10-4-3-5-11-22/h3-7,10-17,27H,18-21H2,1-2H3. The van der Waals surface area contributed by atoms with Gasteiger partial charge in [-0.1, -0.05) is 48.2 Å². The lowest BCUT2D eigenvalue weighted by Gasteiger charge is -2.29. The van der Waals surface area contributed by atoms with Crippen LogP contribution in [0.4, 0.5) is 5.69 Å². The molecule has 1 aliphatic rings. The summed E-state index contributed by atoms with van der Waals surface area (Å²) in [5.74, 6) is 4.87. The van der Waals surface area contributed by atoms with Gasteiger partial charge in [-0.2, -0.15) is 4.31 Å². The van der Waals surface area contributed by atoms with Crippen LogP contribution in [0.3, 0.4) is 0 Å². The number of nitrogens with zero attached hydrogens (tertiary/aromatic N) is 2. The molecule has 0 saturated carbocycles. The van der Waals surface area contributed by atoms with Crippen LogP contribution in [0.15, 0.2) is 83.8 Å². The van der Waals surface area contributed by atoms with Crippen molar-refractivity contribution >= 4 is 27.6 Å². The van der Waals surface area contributed by atoms with Gasteiger partial charge in [0.25, 0.3) is 5.91 Å². The van der Waals surface area contributed by atoms with Crippen molar-refractivity contribution in [2.75, 3.05) is 38.9 Å². The Morgan fingerprint density at radius 1 is 0.897 bits per heavy atom. The molecule has 1 atom stereocenters. The Labute approximate surface area is 227 Å². The first-order chi connectivity index (χ1) is 18.9. The zero-order valence-electron chi connectivity index (χ0n) is 21.6. The number of carbonyl (C=O) groups is 2. The average Bonchev–Trinajstić information content (AvgIpc) is 3.15. The summed E-state index contributed by atoms with van der Waals surface area (Å²) >= 11 is 0. The summed E-state index contributed by atoms with van der Waals surface area (Å²) in [5, 5.41) is 0. The van der Waals surface area contributed by atoms with Crippen molar-refractivity contribution in [3.8, 4) is 17.6 Å². The molecule has 3 aromatic rings. The quantitative estimate of drug-likeness (QED) is 0.330. The van der Waals surface area contributed by atoms with Gasteiger partial charge in [0.2, 0.25) is 10.0 Å². The van der Waals surface area contributed by atoms with Crippen molar-refractivity contribution in [2.45, 2.75) is 17.5 Å². The highest BCUT2D eigenvalue weighted by Gasteiger charge is 2.42. The molecule has 39 heavy (non-hydrogen) atoms. The monoisotopic (exact) mass is 548 g/mol. The number of hydrogen-bond acceptors (Lipinski definition) is 7. The number of esters is 1. The number of ether oxygens (including phenoxy) is 3. The maximum Gasteiger partial charge on any atom is 0.326 e. The Kier molecular flexibility index (Phi) is 8.99. The normalized spacial score (nSPS) is 15.3. The SMILES string of the molecule is COCC#CCOc1ccc(S(=O)(=O)N2Cc3ccccc3N(C(=O)c3ccccc3)CC2C(=O)OC)cc1. The maximum atomic E-state index is 13.9. The number of para-hydroxylation sites is 1. The second-order valence-corrected chi connectivity index (χ2v) is 10.4. The average molecular weight is 549 g/mol. The van der Waals surface area contributed by atoms with Gasteiger partial charge in [0.15, 0.2) is 0 Å². The lowest BCUT2D eigenvalue weighted by Crippen LogP contribution is -2.50. The first kappa shape index (κ1) is 27.9. The van der Waals surface area contributed by atoms with Gasteiger partial charge in [-0.25, -0.2) is 8.42 Å². The molecule has 202 valence electrons. The molecule has 0 bridgehead atoms. The lowest BCUT2D eigenvalue weighted by atomic mass is 10.1. The molecule has 0 fully saturated rings. The third-order valence-corrected chi connectivity index (χ3v) is 8.00. The highest BCUT2D eigenvalue weighted by molar-refractivity contribution is 7.89. The highest BCUT2D eigenvalue weighted by atomic mass is 32.2. The summed E-state index contributed by atoms with van der Waals surface area (Å²) in [4.78, 5) is 28.0. The van der Waals surface area contributed by atoms with E-state index in [1.54, 1.807) is 61.7 Å². The number of sulfonamides is 1. The topological polar surface area (TPSA) is 102 Å². The van der Waals surface area contributed by atoms with Gasteiger partial charge in [-0.3, -0.25) is 9.59 Å². The predicted octanol–water partition coefficient (Wildman–Crippen LogP) is 3.11. The number of carbonyl (C=O) groups excluding carboxylic acids is 2. The van der Waals surface area contributed by atoms with Crippen LogP contribution in [-0.2, 0) is 30.8 Å². The van der Waals surface area contributed by atoms with Crippen LogP contribution in [0.5, 0.6) is 5.75 Å². The number of benzene rings is 3. The van der Waals surface area contributed by atoms with E-state index in [-0.39, 0.29) is 37.1 Å². The third kappa shape index (κ3) is 6.29. The van der Waals surface area contributed by atoms with Crippen molar-refractivity contribution in [1.82, 2.24) is 4.31 Å². The van der Waals surface area contributed by atoms with Gasteiger partial charge in [-0.05, 0) is 48.0 Å². The highest BCUT2D eigenvalue weighted by Crippen LogP contribution is 2.32. The minimum absolute atomic E-state index is 0.0328. The smallest absolute Gasteiger partial charge is 0.326 e. The Morgan fingerprint density at radius 2 is 1.56 bits per heavy atom. The number of rotatable bonds is 7. The molecule has 0 N–H and O–H groups in total. The van der Waals surface area contributed by atoms with Crippen molar-refractivity contribution < 1.29 is 32.2 Å². The van der Waals surface area contributed by atoms with E-state index in [4.69, 9.17) is 14.2 Å². The van der Waals surface area contributed by atoms with Crippen molar-refractivity contribution in [2.24, 2.45) is 0 Å². The first-order valence-electron chi connectivity index (χ1n) is 12.1. The molecular formula is C29H28N2O7S. The molecule has 0 saturated heterocycles. The van der Waals surface area contributed by atoms with E-state index in [9.17, 15) is 18.0 Å². The molecule has 0 aliphatic carbocycles.